The van der Waals surface area contributed by atoms with E-state index < -0.39 is 0 Å². The molecule has 18 heavy (non-hydrogen) atoms. The molecule has 0 unspecified atom stereocenters. The Bertz CT molecular complexity index is 479. The van der Waals surface area contributed by atoms with Crippen molar-refractivity contribution in [2.24, 2.45) is 0 Å². The van der Waals surface area contributed by atoms with Crippen LogP contribution < -0.4 is 10.6 Å². The van der Waals surface area contributed by atoms with Gasteiger partial charge in [-0.15, -0.1) is 0 Å². The van der Waals surface area contributed by atoms with Crippen LogP contribution in [-0.2, 0) is 6.54 Å². The molecule has 94 valence electrons. The highest BCUT2D eigenvalue weighted by molar-refractivity contribution is 6.30. The zero-order valence-corrected chi connectivity index (χ0v) is 11.0. The summed E-state index contributed by atoms with van der Waals surface area (Å²) in [5, 5.41) is 7.23. The van der Waals surface area contributed by atoms with E-state index in [1.54, 1.807) is 0 Å². The van der Waals surface area contributed by atoms with Gasteiger partial charge in [0, 0.05) is 18.1 Å². The Morgan fingerprint density at radius 2 is 1.83 bits per heavy atom. The molecular formula is C14H16ClN3. The number of hydrogen-bond acceptors (Lipinski definition) is 3. The molecule has 2 aromatic rings. The van der Waals surface area contributed by atoms with Crippen LogP contribution in [0.2, 0.25) is 5.02 Å². The number of pyridine rings is 1. The molecule has 0 radical (unpaired) electrons. The fourth-order valence-electron chi connectivity index (χ4n) is 1.60. The molecular weight excluding hydrogens is 246 g/mol. The van der Waals surface area contributed by atoms with Gasteiger partial charge in [-0.25, -0.2) is 4.98 Å². The fraction of sp³-hybridized carbons (Fsp3) is 0.214. The summed E-state index contributed by atoms with van der Waals surface area (Å²) in [6.07, 6.45) is 1.83. The SMILES string of the molecule is CCNc1ccc(NCc2ccc(Cl)cc2)nc1. The van der Waals surface area contributed by atoms with Crippen LogP contribution in [0, 0.1) is 0 Å². The molecule has 4 heteroatoms. The second-order valence-electron chi connectivity index (χ2n) is 3.94. The van der Waals surface area contributed by atoms with Gasteiger partial charge in [-0.05, 0) is 36.8 Å². The first-order valence-electron chi connectivity index (χ1n) is 5.96. The predicted molar refractivity (Wildman–Crippen MR) is 77.2 cm³/mol. The lowest BCUT2D eigenvalue weighted by Gasteiger charge is -2.07. The Balaban J connectivity index is 1.91. The second-order valence-corrected chi connectivity index (χ2v) is 4.38. The molecule has 0 aliphatic rings. The van der Waals surface area contributed by atoms with E-state index in [1.165, 1.54) is 5.56 Å². The van der Waals surface area contributed by atoms with Crippen molar-refractivity contribution in [2.45, 2.75) is 13.5 Å². The van der Waals surface area contributed by atoms with Crippen molar-refractivity contribution in [3.8, 4) is 0 Å². The van der Waals surface area contributed by atoms with Crippen LogP contribution in [0.3, 0.4) is 0 Å². The summed E-state index contributed by atoms with van der Waals surface area (Å²) in [6.45, 7) is 3.71. The van der Waals surface area contributed by atoms with E-state index in [-0.39, 0.29) is 0 Å². The van der Waals surface area contributed by atoms with Crippen LogP contribution in [0.15, 0.2) is 42.6 Å². The molecule has 1 aromatic carbocycles. The van der Waals surface area contributed by atoms with Gasteiger partial charge in [-0.1, -0.05) is 23.7 Å². The number of nitrogens with zero attached hydrogens (tertiary/aromatic N) is 1. The number of aromatic nitrogens is 1. The lowest BCUT2D eigenvalue weighted by Crippen LogP contribution is -2.02. The van der Waals surface area contributed by atoms with Gasteiger partial charge in [-0.3, -0.25) is 0 Å². The van der Waals surface area contributed by atoms with E-state index in [2.05, 4.69) is 22.5 Å². The predicted octanol–water partition coefficient (Wildman–Crippen LogP) is 3.78. The summed E-state index contributed by atoms with van der Waals surface area (Å²) in [6, 6.07) is 11.8. The minimum Gasteiger partial charge on any atom is -0.384 e. The molecule has 2 rings (SSSR count). The Labute approximate surface area is 112 Å². The first-order valence-corrected chi connectivity index (χ1v) is 6.34. The summed E-state index contributed by atoms with van der Waals surface area (Å²) in [5.74, 6) is 0.867. The lowest BCUT2D eigenvalue weighted by molar-refractivity contribution is 1.11. The van der Waals surface area contributed by atoms with Crippen LogP contribution in [0.1, 0.15) is 12.5 Å². The van der Waals surface area contributed by atoms with E-state index in [1.807, 2.05) is 42.6 Å². The van der Waals surface area contributed by atoms with E-state index >= 15 is 0 Å². The van der Waals surface area contributed by atoms with Gasteiger partial charge in [0.2, 0.25) is 0 Å². The molecule has 0 aliphatic heterocycles. The highest BCUT2D eigenvalue weighted by atomic mass is 35.5. The third-order valence-corrected chi connectivity index (χ3v) is 2.78. The van der Waals surface area contributed by atoms with Crippen molar-refractivity contribution >= 4 is 23.1 Å². The minimum absolute atomic E-state index is 0.741. The van der Waals surface area contributed by atoms with Crippen molar-refractivity contribution in [3.05, 3.63) is 53.2 Å². The van der Waals surface area contributed by atoms with Crippen LogP contribution in [-0.4, -0.2) is 11.5 Å². The third-order valence-electron chi connectivity index (χ3n) is 2.53. The maximum atomic E-state index is 5.84. The summed E-state index contributed by atoms with van der Waals surface area (Å²) in [4.78, 5) is 4.33. The van der Waals surface area contributed by atoms with Gasteiger partial charge >= 0.3 is 0 Å². The molecule has 0 spiro atoms. The van der Waals surface area contributed by atoms with Gasteiger partial charge in [0.1, 0.15) is 5.82 Å². The van der Waals surface area contributed by atoms with Gasteiger partial charge in [0.25, 0.3) is 0 Å². The van der Waals surface area contributed by atoms with E-state index in [0.717, 1.165) is 29.6 Å². The Morgan fingerprint density at radius 1 is 1.06 bits per heavy atom. The Hall–Kier alpha value is -1.74. The van der Waals surface area contributed by atoms with Gasteiger partial charge < -0.3 is 10.6 Å². The minimum atomic E-state index is 0.741. The summed E-state index contributed by atoms with van der Waals surface area (Å²) < 4.78 is 0. The molecule has 0 bridgehead atoms. The standard InChI is InChI=1S/C14H16ClN3/c1-2-16-13-7-8-14(18-10-13)17-9-11-3-5-12(15)6-4-11/h3-8,10,16H,2,9H2,1H3,(H,17,18). The quantitative estimate of drug-likeness (QED) is 0.860. The zero-order valence-electron chi connectivity index (χ0n) is 10.3. The molecule has 0 atom stereocenters. The average Bonchev–Trinajstić information content (AvgIpc) is 2.40. The molecule has 0 amide bonds. The number of halogens is 1. The van der Waals surface area contributed by atoms with Crippen molar-refractivity contribution in [1.29, 1.82) is 0 Å². The number of benzene rings is 1. The van der Waals surface area contributed by atoms with Gasteiger partial charge in [-0.2, -0.15) is 0 Å². The van der Waals surface area contributed by atoms with E-state index in [9.17, 15) is 0 Å². The molecule has 3 nitrogen and oxygen atoms in total. The van der Waals surface area contributed by atoms with Gasteiger partial charge in [0.15, 0.2) is 0 Å². The largest absolute Gasteiger partial charge is 0.384 e. The van der Waals surface area contributed by atoms with Crippen LogP contribution in [0.4, 0.5) is 11.5 Å². The van der Waals surface area contributed by atoms with E-state index in [4.69, 9.17) is 11.6 Å². The summed E-state index contributed by atoms with van der Waals surface area (Å²) in [5.41, 5.74) is 2.21. The van der Waals surface area contributed by atoms with Crippen LogP contribution in [0.5, 0.6) is 0 Å². The number of nitrogens with one attached hydrogen (secondary N) is 2. The highest BCUT2D eigenvalue weighted by Crippen LogP contribution is 2.12. The second kappa shape index (κ2) is 6.26. The first kappa shape index (κ1) is 12.7. The number of anilines is 2. The van der Waals surface area contributed by atoms with E-state index in [0.29, 0.717) is 0 Å². The lowest BCUT2D eigenvalue weighted by atomic mass is 10.2. The smallest absolute Gasteiger partial charge is 0.126 e. The molecule has 0 saturated heterocycles. The highest BCUT2D eigenvalue weighted by Gasteiger charge is 1.96. The Morgan fingerprint density at radius 3 is 2.44 bits per heavy atom. The molecule has 1 heterocycles. The van der Waals surface area contributed by atoms with Crippen LogP contribution >= 0.6 is 11.6 Å². The van der Waals surface area contributed by atoms with Crippen molar-refractivity contribution < 1.29 is 0 Å². The van der Waals surface area contributed by atoms with Gasteiger partial charge in [0.05, 0.1) is 11.9 Å². The monoisotopic (exact) mass is 261 g/mol. The maximum Gasteiger partial charge on any atom is 0.126 e. The topological polar surface area (TPSA) is 37.0 Å². The number of hydrogen-bond donors (Lipinski definition) is 2. The molecule has 1 aromatic heterocycles. The fourth-order valence-corrected chi connectivity index (χ4v) is 1.73. The molecule has 0 aliphatic carbocycles. The zero-order chi connectivity index (χ0) is 12.8. The maximum absolute atomic E-state index is 5.84. The molecule has 2 N–H and O–H groups in total. The van der Waals surface area contributed by atoms with Crippen molar-refractivity contribution in [2.75, 3.05) is 17.2 Å². The Kier molecular flexibility index (Phi) is 4.42. The third kappa shape index (κ3) is 3.64. The van der Waals surface area contributed by atoms with Crippen LogP contribution in [0.25, 0.3) is 0 Å². The molecule has 0 saturated carbocycles. The summed E-state index contributed by atoms with van der Waals surface area (Å²) in [7, 11) is 0. The number of rotatable bonds is 5. The summed E-state index contributed by atoms with van der Waals surface area (Å²) >= 11 is 5.84. The van der Waals surface area contributed by atoms with Crippen molar-refractivity contribution in [3.63, 3.8) is 0 Å². The average molecular weight is 262 g/mol. The normalized spacial score (nSPS) is 10.1. The first-order chi connectivity index (χ1) is 8.78. The van der Waals surface area contributed by atoms with Crippen molar-refractivity contribution in [1.82, 2.24) is 4.98 Å². The molecule has 0 fully saturated rings.